The lowest BCUT2D eigenvalue weighted by Gasteiger charge is -2.16. The maximum Gasteiger partial charge on any atom is 0.306 e. The molecule has 1 amide bonds. The minimum Gasteiger partial charge on any atom is -0.481 e. The second kappa shape index (κ2) is 8.24. The molecular formula is C15H23N3O3. The second-order valence-corrected chi connectivity index (χ2v) is 5.22. The predicted octanol–water partition coefficient (Wildman–Crippen LogP) is 2.13. The van der Waals surface area contributed by atoms with Crippen LogP contribution in [-0.2, 0) is 4.79 Å². The third kappa shape index (κ3) is 5.81. The number of hydrogen-bond donors (Lipinski definition) is 3. The topological polar surface area (TPSA) is 91.3 Å². The number of aromatic nitrogens is 1. The number of rotatable bonds is 8. The maximum atomic E-state index is 11.5. The highest BCUT2D eigenvalue weighted by atomic mass is 16.4. The largest absolute Gasteiger partial charge is 0.481 e. The van der Waals surface area contributed by atoms with Crippen molar-refractivity contribution in [3.63, 3.8) is 0 Å². The van der Waals surface area contributed by atoms with Gasteiger partial charge in [-0.3, -0.25) is 14.6 Å². The predicted molar refractivity (Wildman–Crippen MR) is 81.4 cm³/mol. The van der Waals surface area contributed by atoms with E-state index in [-0.39, 0.29) is 17.9 Å². The van der Waals surface area contributed by atoms with Crippen LogP contribution in [0.4, 0.5) is 5.69 Å². The lowest BCUT2D eigenvalue weighted by molar-refractivity contribution is -0.141. The van der Waals surface area contributed by atoms with Crippen LogP contribution in [0, 0.1) is 5.92 Å². The van der Waals surface area contributed by atoms with Crippen molar-refractivity contribution < 1.29 is 14.7 Å². The zero-order valence-electron chi connectivity index (χ0n) is 12.7. The Morgan fingerprint density at radius 1 is 1.33 bits per heavy atom. The molecule has 0 bridgehead atoms. The average Bonchev–Trinajstić information content (AvgIpc) is 2.46. The molecule has 0 saturated carbocycles. The Labute approximate surface area is 125 Å². The van der Waals surface area contributed by atoms with Gasteiger partial charge in [0.25, 0.3) is 5.91 Å². The quantitative estimate of drug-likeness (QED) is 0.683. The van der Waals surface area contributed by atoms with E-state index in [1.807, 2.05) is 13.0 Å². The first-order valence-electron chi connectivity index (χ1n) is 7.11. The van der Waals surface area contributed by atoms with E-state index < -0.39 is 5.97 Å². The lowest BCUT2D eigenvalue weighted by Crippen LogP contribution is -2.20. The van der Waals surface area contributed by atoms with E-state index in [1.54, 1.807) is 26.2 Å². The Bertz CT molecular complexity index is 491. The van der Waals surface area contributed by atoms with Crippen LogP contribution in [-0.4, -0.2) is 35.1 Å². The molecule has 1 aromatic heterocycles. The second-order valence-electron chi connectivity index (χ2n) is 5.22. The van der Waals surface area contributed by atoms with Crippen LogP contribution < -0.4 is 10.6 Å². The van der Waals surface area contributed by atoms with Gasteiger partial charge in [0.15, 0.2) is 0 Å². The number of carbonyl (C=O) groups is 2. The molecule has 21 heavy (non-hydrogen) atoms. The number of nitrogens with one attached hydrogen (secondary N) is 2. The van der Waals surface area contributed by atoms with Gasteiger partial charge in [-0.1, -0.05) is 13.3 Å². The molecule has 1 aromatic rings. The molecule has 0 aliphatic heterocycles. The third-order valence-corrected chi connectivity index (χ3v) is 3.33. The molecular weight excluding hydrogens is 270 g/mol. The molecule has 0 aliphatic carbocycles. The minimum atomic E-state index is -0.750. The third-order valence-electron chi connectivity index (χ3n) is 3.33. The summed E-state index contributed by atoms with van der Waals surface area (Å²) in [6.07, 6.45) is 3.97. The van der Waals surface area contributed by atoms with E-state index >= 15 is 0 Å². The summed E-state index contributed by atoms with van der Waals surface area (Å²) in [5, 5.41) is 14.7. The lowest BCUT2D eigenvalue weighted by atomic mass is 10.0. The number of carboxylic acid groups (broad SMARTS) is 1. The molecule has 0 aromatic carbocycles. The molecule has 2 atom stereocenters. The Kier molecular flexibility index (Phi) is 6.65. The number of pyridine rings is 1. The van der Waals surface area contributed by atoms with Gasteiger partial charge in [-0.05, 0) is 31.9 Å². The van der Waals surface area contributed by atoms with Crippen molar-refractivity contribution in [2.75, 3.05) is 12.4 Å². The number of aliphatic carboxylic acids is 1. The molecule has 1 heterocycles. The maximum absolute atomic E-state index is 11.5. The van der Waals surface area contributed by atoms with Crippen LogP contribution in [0.1, 0.15) is 43.6 Å². The standard InChI is InChI=1S/C15H23N3O3/c1-10(15(20)21)5-4-6-11(2)18-12-7-8-17-13(9-12)14(19)16-3/h7-11H,4-6H2,1-3H3,(H,16,19)(H,17,18)(H,20,21). The van der Waals surface area contributed by atoms with E-state index in [2.05, 4.69) is 15.6 Å². The number of hydrogen-bond acceptors (Lipinski definition) is 4. The van der Waals surface area contributed by atoms with Gasteiger partial charge in [0.2, 0.25) is 0 Å². The van der Waals surface area contributed by atoms with Crippen LogP contribution in [0.15, 0.2) is 18.3 Å². The summed E-state index contributed by atoms with van der Waals surface area (Å²) >= 11 is 0. The minimum absolute atomic E-state index is 0.200. The molecule has 3 N–H and O–H groups in total. The Morgan fingerprint density at radius 3 is 2.67 bits per heavy atom. The van der Waals surface area contributed by atoms with Crippen molar-refractivity contribution in [1.29, 1.82) is 0 Å². The van der Waals surface area contributed by atoms with Gasteiger partial charge in [-0.15, -0.1) is 0 Å². The molecule has 0 radical (unpaired) electrons. The normalized spacial score (nSPS) is 13.3. The fourth-order valence-electron chi connectivity index (χ4n) is 1.98. The summed E-state index contributed by atoms with van der Waals surface area (Å²) in [6, 6.07) is 3.71. The summed E-state index contributed by atoms with van der Waals surface area (Å²) in [4.78, 5) is 26.2. The highest BCUT2D eigenvalue weighted by molar-refractivity contribution is 5.92. The highest BCUT2D eigenvalue weighted by Crippen LogP contribution is 2.14. The van der Waals surface area contributed by atoms with Crippen LogP contribution in [0.5, 0.6) is 0 Å². The molecule has 1 rings (SSSR count). The number of carboxylic acids is 1. The van der Waals surface area contributed by atoms with Gasteiger partial charge in [0.1, 0.15) is 5.69 Å². The first kappa shape index (κ1) is 16.9. The number of nitrogens with zero attached hydrogens (tertiary/aromatic N) is 1. The van der Waals surface area contributed by atoms with Crippen LogP contribution in [0.3, 0.4) is 0 Å². The molecule has 2 unspecified atom stereocenters. The average molecular weight is 293 g/mol. The van der Waals surface area contributed by atoms with Crippen molar-refractivity contribution in [3.8, 4) is 0 Å². The number of carbonyl (C=O) groups excluding carboxylic acids is 1. The first-order chi connectivity index (χ1) is 9.93. The Hall–Kier alpha value is -2.11. The fraction of sp³-hybridized carbons (Fsp3) is 0.533. The van der Waals surface area contributed by atoms with E-state index in [0.717, 1.165) is 18.5 Å². The fourth-order valence-corrected chi connectivity index (χ4v) is 1.98. The van der Waals surface area contributed by atoms with Gasteiger partial charge >= 0.3 is 5.97 Å². The number of anilines is 1. The number of amides is 1. The van der Waals surface area contributed by atoms with Crippen molar-refractivity contribution in [3.05, 3.63) is 24.0 Å². The monoisotopic (exact) mass is 293 g/mol. The van der Waals surface area contributed by atoms with Crippen LogP contribution in [0.25, 0.3) is 0 Å². The van der Waals surface area contributed by atoms with Crippen molar-refractivity contribution in [1.82, 2.24) is 10.3 Å². The smallest absolute Gasteiger partial charge is 0.306 e. The summed E-state index contributed by atoms with van der Waals surface area (Å²) in [5.74, 6) is -1.28. The first-order valence-corrected chi connectivity index (χ1v) is 7.11. The molecule has 0 spiro atoms. The van der Waals surface area contributed by atoms with Gasteiger partial charge in [-0.2, -0.15) is 0 Å². The molecule has 6 nitrogen and oxygen atoms in total. The van der Waals surface area contributed by atoms with E-state index in [9.17, 15) is 9.59 Å². The Balaban J connectivity index is 2.46. The van der Waals surface area contributed by atoms with Gasteiger partial charge < -0.3 is 15.7 Å². The van der Waals surface area contributed by atoms with E-state index in [4.69, 9.17) is 5.11 Å². The molecule has 6 heteroatoms. The molecule has 116 valence electrons. The zero-order chi connectivity index (χ0) is 15.8. The molecule has 0 fully saturated rings. The van der Waals surface area contributed by atoms with Crippen LogP contribution >= 0.6 is 0 Å². The zero-order valence-corrected chi connectivity index (χ0v) is 12.7. The summed E-state index contributed by atoms with van der Waals surface area (Å²) in [5.41, 5.74) is 1.21. The van der Waals surface area contributed by atoms with Crippen molar-refractivity contribution in [2.45, 2.75) is 39.2 Å². The summed E-state index contributed by atoms with van der Waals surface area (Å²) in [7, 11) is 1.57. The summed E-state index contributed by atoms with van der Waals surface area (Å²) in [6.45, 7) is 3.75. The van der Waals surface area contributed by atoms with E-state index in [1.165, 1.54) is 0 Å². The van der Waals surface area contributed by atoms with Crippen molar-refractivity contribution in [2.24, 2.45) is 5.92 Å². The molecule has 0 aliphatic rings. The van der Waals surface area contributed by atoms with Crippen molar-refractivity contribution >= 4 is 17.6 Å². The van der Waals surface area contributed by atoms with Gasteiger partial charge in [0, 0.05) is 25.0 Å². The van der Waals surface area contributed by atoms with Crippen LogP contribution in [0.2, 0.25) is 0 Å². The summed E-state index contributed by atoms with van der Waals surface area (Å²) < 4.78 is 0. The van der Waals surface area contributed by atoms with E-state index in [0.29, 0.717) is 12.1 Å². The SMILES string of the molecule is CNC(=O)c1cc(NC(C)CCCC(C)C(=O)O)ccn1. The van der Waals surface area contributed by atoms with Gasteiger partial charge in [0.05, 0.1) is 5.92 Å². The van der Waals surface area contributed by atoms with Gasteiger partial charge in [-0.25, -0.2) is 0 Å². The Morgan fingerprint density at radius 2 is 2.05 bits per heavy atom. The highest BCUT2D eigenvalue weighted by Gasteiger charge is 2.12. The molecule has 0 saturated heterocycles.